The van der Waals surface area contributed by atoms with E-state index in [4.69, 9.17) is 25.2 Å². The van der Waals surface area contributed by atoms with Crippen LogP contribution in [0.3, 0.4) is 0 Å². The number of nitrogens with two attached hydrogens (primary N) is 1. The maximum atomic E-state index is 11.8. The molecule has 2 rings (SSSR count). The zero-order chi connectivity index (χ0) is 21.3. The molecule has 0 radical (unpaired) electrons. The molecule has 2 heterocycles. The van der Waals surface area contributed by atoms with Crippen molar-refractivity contribution in [3.05, 3.63) is 22.7 Å². The van der Waals surface area contributed by atoms with Crippen LogP contribution >= 0.6 is 23.5 Å². The van der Waals surface area contributed by atoms with Gasteiger partial charge < -0.3 is 35.2 Å². The van der Waals surface area contributed by atoms with E-state index in [1.165, 1.54) is 12.3 Å². The number of phosphoric ester groups is 1. The van der Waals surface area contributed by atoms with E-state index in [1.54, 1.807) is 0 Å². The Hall–Kier alpha value is 0.01000. The molecule has 1 aromatic rings. The molecule has 29 heavy (non-hydrogen) atoms. The summed E-state index contributed by atoms with van der Waals surface area (Å²) in [7, 11) is -16.5. The molecule has 162 valence electrons. The topological polar surface area (TPSA) is 250 Å². The van der Waals surface area contributed by atoms with E-state index < -0.39 is 54.2 Å². The van der Waals surface area contributed by atoms with E-state index in [2.05, 4.69) is 18.1 Å². The van der Waals surface area contributed by atoms with Crippen molar-refractivity contribution in [1.82, 2.24) is 9.55 Å². The number of hydrogen-bond acceptors (Lipinski definition) is 11. The van der Waals surface area contributed by atoms with Crippen LogP contribution in [0.4, 0.5) is 5.82 Å². The van der Waals surface area contributed by atoms with Crippen molar-refractivity contribution in [2.45, 2.75) is 24.9 Å². The fourth-order valence-electron chi connectivity index (χ4n) is 2.15. The molecule has 1 saturated heterocycles. The van der Waals surface area contributed by atoms with Crippen LogP contribution in [0.25, 0.3) is 0 Å². The SMILES string of the molecule is Nc1ccn([C@H]2C[C@H](O)[C@@H](COP(=O)(O)OP(=O)(O)OP(=O)(O)O)O2)c(=O)n1.[NaH]. The Labute approximate surface area is 184 Å². The number of aliphatic hydroxyl groups excluding tert-OH is 1. The number of rotatable bonds is 8. The number of aliphatic hydroxyl groups is 1. The Balaban J connectivity index is 0.00000420. The van der Waals surface area contributed by atoms with Gasteiger partial charge in [-0.25, -0.2) is 18.5 Å². The molecule has 0 aromatic carbocycles. The minimum absolute atomic E-state index is 0. The first-order valence-corrected chi connectivity index (χ1v) is 11.7. The zero-order valence-electron chi connectivity index (χ0n) is 13.6. The first kappa shape index (κ1) is 27.0. The molecule has 1 aromatic heterocycles. The summed E-state index contributed by atoms with van der Waals surface area (Å²) in [5.41, 5.74) is 4.58. The number of anilines is 1. The number of phosphoric acid groups is 3. The molecule has 0 bridgehead atoms. The van der Waals surface area contributed by atoms with Crippen LogP contribution in [0, 0.1) is 0 Å². The summed E-state index contributed by atoms with van der Waals surface area (Å²) in [5.74, 6) is -0.0380. The van der Waals surface area contributed by atoms with Gasteiger partial charge in [-0.2, -0.15) is 13.6 Å². The molecule has 0 aliphatic carbocycles. The Bertz CT molecular complexity index is 920. The molecule has 1 aliphatic heterocycles. The van der Waals surface area contributed by atoms with Crippen LogP contribution in [0.2, 0.25) is 0 Å². The summed E-state index contributed by atoms with van der Waals surface area (Å²) in [5, 5.41) is 9.94. The first-order valence-electron chi connectivity index (χ1n) is 7.14. The standard InChI is InChI=1S/C9H16N3O13P3.Na.H/c10-7-1-2-12(9(14)11-7)8-3-5(13)6(23-8)4-22-27(18,19)25-28(20,21)24-26(15,16)17;;/h1-2,5-6,8,13H,3-4H2,(H,18,19)(H,20,21)(H2,10,11,14)(H2,15,16,17);;/t5-,6+,8+;;/m0../s1. The van der Waals surface area contributed by atoms with Crippen LogP contribution in [0.5, 0.6) is 0 Å². The second kappa shape index (κ2) is 10.1. The van der Waals surface area contributed by atoms with E-state index in [0.717, 1.165) is 4.57 Å². The molecular formula is C9H17N3NaO13P3. The fraction of sp³-hybridized carbons (Fsp3) is 0.556. The van der Waals surface area contributed by atoms with Crippen LogP contribution in [-0.2, 0) is 31.6 Å². The van der Waals surface area contributed by atoms with Gasteiger partial charge in [0.1, 0.15) is 18.1 Å². The van der Waals surface area contributed by atoms with E-state index in [9.17, 15) is 28.5 Å². The van der Waals surface area contributed by atoms with E-state index in [1.807, 2.05) is 0 Å². The Morgan fingerprint density at radius 3 is 2.38 bits per heavy atom. The van der Waals surface area contributed by atoms with Gasteiger partial charge in [0.15, 0.2) is 0 Å². The Morgan fingerprint density at radius 2 is 1.83 bits per heavy atom. The molecule has 16 nitrogen and oxygen atoms in total. The summed E-state index contributed by atoms with van der Waals surface area (Å²) in [6, 6.07) is 1.30. The van der Waals surface area contributed by atoms with Gasteiger partial charge in [-0.1, -0.05) is 0 Å². The van der Waals surface area contributed by atoms with E-state index in [-0.39, 0.29) is 41.8 Å². The molecule has 5 atom stereocenters. The second-order valence-electron chi connectivity index (χ2n) is 5.36. The van der Waals surface area contributed by atoms with Crippen LogP contribution in [-0.4, -0.2) is 82.6 Å². The minimum atomic E-state index is -5.65. The van der Waals surface area contributed by atoms with Crippen molar-refractivity contribution in [3.63, 3.8) is 0 Å². The molecule has 0 spiro atoms. The molecule has 0 amide bonds. The number of nitrogens with zero attached hydrogens (tertiary/aromatic N) is 2. The third-order valence-corrected chi connectivity index (χ3v) is 6.99. The summed E-state index contributed by atoms with van der Waals surface area (Å²) in [6.07, 6.45) is -2.42. The Morgan fingerprint density at radius 1 is 1.21 bits per heavy atom. The number of ether oxygens (including phenoxy) is 1. The first-order chi connectivity index (χ1) is 12.7. The summed E-state index contributed by atoms with van der Waals surface area (Å²) in [6.45, 7) is -0.849. The summed E-state index contributed by atoms with van der Waals surface area (Å²) in [4.78, 5) is 50.5. The number of hydrogen-bond donors (Lipinski definition) is 6. The van der Waals surface area contributed by atoms with Crippen molar-refractivity contribution in [3.8, 4) is 0 Å². The zero-order valence-corrected chi connectivity index (χ0v) is 16.3. The van der Waals surface area contributed by atoms with Crippen LogP contribution < -0.4 is 11.4 Å². The van der Waals surface area contributed by atoms with Gasteiger partial charge in [0.05, 0.1) is 12.7 Å². The Kier molecular flexibility index (Phi) is 9.41. The predicted octanol–water partition coefficient (Wildman–Crippen LogP) is -1.83. The summed E-state index contributed by atoms with van der Waals surface area (Å²) < 4.78 is 51.2. The van der Waals surface area contributed by atoms with Crippen molar-refractivity contribution in [1.29, 1.82) is 0 Å². The molecular weight excluding hydrogens is 474 g/mol. The van der Waals surface area contributed by atoms with Gasteiger partial charge in [-0.15, -0.1) is 0 Å². The van der Waals surface area contributed by atoms with Gasteiger partial charge in [-0.05, 0) is 6.07 Å². The third kappa shape index (κ3) is 8.57. The average molecular weight is 491 g/mol. The second-order valence-corrected chi connectivity index (χ2v) is 9.78. The average Bonchev–Trinajstić information content (AvgIpc) is 2.82. The molecule has 1 aliphatic rings. The van der Waals surface area contributed by atoms with Gasteiger partial charge >= 0.3 is 58.7 Å². The van der Waals surface area contributed by atoms with Crippen molar-refractivity contribution < 1.29 is 56.3 Å². The maximum absolute atomic E-state index is 11.8. The van der Waals surface area contributed by atoms with Crippen molar-refractivity contribution in [2.75, 3.05) is 12.3 Å². The normalized spacial score (nSPS) is 26.3. The monoisotopic (exact) mass is 491 g/mol. The molecule has 0 saturated carbocycles. The van der Waals surface area contributed by atoms with Gasteiger partial charge in [0.2, 0.25) is 0 Å². The quantitative estimate of drug-likeness (QED) is 0.173. The van der Waals surface area contributed by atoms with Gasteiger partial charge in [-0.3, -0.25) is 9.09 Å². The summed E-state index contributed by atoms with van der Waals surface area (Å²) >= 11 is 0. The molecule has 20 heteroatoms. The van der Waals surface area contributed by atoms with Crippen molar-refractivity contribution in [2.24, 2.45) is 0 Å². The van der Waals surface area contributed by atoms with Crippen LogP contribution in [0.1, 0.15) is 12.6 Å². The molecule has 2 unspecified atom stereocenters. The van der Waals surface area contributed by atoms with Gasteiger partial charge in [0.25, 0.3) is 0 Å². The molecule has 7 N–H and O–H groups in total. The third-order valence-electron chi connectivity index (χ3n) is 3.18. The number of aromatic nitrogens is 2. The predicted molar refractivity (Wildman–Crippen MR) is 94.4 cm³/mol. The fourth-order valence-corrected chi connectivity index (χ4v) is 5.18. The number of nitrogen functional groups attached to an aromatic ring is 1. The van der Waals surface area contributed by atoms with Gasteiger partial charge in [0, 0.05) is 12.6 Å². The molecule has 1 fully saturated rings. The van der Waals surface area contributed by atoms with E-state index in [0.29, 0.717) is 0 Å². The van der Waals surface area contributed by atoms with Crippen molar-refractivity contribution >= 4 is 58.8 Å². The van der Waals surface area contributed by atoms with E-state index >= 15 is 0 Å². The van der Waals surface area contributed by atoms with Crippen LogP contribution in [0.15, 0.2) is 17.1 Å².